The van der Waals surface area contributed by atoms with Crippen molar-refractivity contribution >= 4 is 17.0 Å². The van der Waals surface area contributed by atoms with E-state index in [-0.39, 0.29) is 5.57 Å². The second kappa shape index (κ2) is 5.32. The molecule has 0 amide bonds. The number of hydrogen-bond acceptors (Lipinski definition) is 3. The topological polar surface area (TPSA) is 63.6 Å². The standard InChI is InChI=1S/C17H9N3O/c18-10-13(11-19-21)16-14-8-4-5-9-15(14)20-17(16)12-6-2-1-3-7-12/h1-9H. The zero-order valence-corrected chi connectivity index (χ0v) is 10.9. The molecule has 98 valence electrons. The molecule has 0 bridgehead atoms. The lowest BCUT2D eigenvalue weighted by Crippen LogP contribution is -2.02. The van der Waals surface area contributed by atoms with Gasteiger partial charge in [0.05, 0.1) is 11.4 Å². The number of para-hydroxylation sites is 1. The second-order valence-electron chi connectivity index (χ2n) is 4.41. The SMILES string of the molecule is N#CC(C#[N+][O-])=C1C(c2ccccc2)=Nc2ccccc21. The van der Waals surface area contributed by atoms with Crippen LogP contribution >= 0.6 is 0 Å². The highest BCUT2D eigenvalue weighted by Gasteiger charge is 2.26. The summed E-state index contributed by atoms with van der Waals surface area (Å²) in [6, 6.07) is 21.2. The highest BCUT2D eigenvalue weighted by molar-refractivity contribution is 6.37. The number of hydrogen-bond donors (Lipinski definition) is 0. The van der Waals surface area contributed by atoms with Gasteiger partial charge in [0.1, 0.15) is 6.07 Å². The minimum absolute atomic E-state index is 0.0950. The molecule has 0 radical (unpaired) electrons. The fourth-order valence-electron chi connectivity index (χ4n) is 2.33. The molecular formula is C17H9N3O. The van der Waals surface area contributed by atoms with Gasteiger partial charge >= 0.3 is 6.07 Å². The largest absolute Gasteiger partial charge is 0.498 e. The van der Waals surface area contributed by atoms with Gasteiger partial charge in [0.25, 0.3) is 0 Å². The molecule has 4 nitrogen and oxygen atoms in total. The summed E-state index contributed by atoms with van der Waals surface area (Å²) in [5, 5.41) is 22.4. The molecule has 4 heteroatoms. The number of nitrogens with zero attached hydrogens (tertiary/aromatic N) is 3. The molecule has 21 heavy (non-hydrogen) atoms. The van der Waals surface area contributed by atoms with Gasteiger partial charge in [-0.1, -0.05) is 48.5 Å². The Bertz CT molecular complexity index is 862. The van der Waals surface area contributed by atoms with Crippen molar-refractivity contribution in [1.29, 1.82) is 5.26 Å². The van der Waals surface area contributed by atoms with E-state index in [2.05, 4.69) is 16.1 Å². The van der Waals surface area contributed by atoms with Crippen molar-refractivity contribution in [3.63, 3.8) is 0 Å². The average Bonchev–Trinajstić information content (AvgIpc) is 2.93. The highest BCUT2D eigenvalue weighted by atomic mass is 16.4. The van der Waals surface area contributed by atoms with Crippen LogP contribution in [0.3, 0.4) is 0 Å². The van der Waals surface area contributed by atoms with Gasteiger partial charge in [0.15, 0.2) is 5.57 Å². The lowest BCUT2D eigenvalue weighted by molar-refractivity contribution is 1.51. The van der Waals surface area contributed by atoms with E-state index in [0.29, 0.717) is 11.3 Å². The monoisotopic (exact) mass is 271 g/mol. The van der Waals surface area contributed by atoms with Crippen molar-refractivity contribution in [2.24, 2.45) is 4.99 Å². The zero-order chi connectivity index (χ0) is 14.7. The summed E-state index contributed by atoms with van der Waals surface area (Å²) in [5.41, 5.74) is 3.81. The van der Waals surface area contributed by atoms with Crippen molar-refractivity contribution in [2.75, 3.05) is 0 Å². The van der Waals surface area contributed by atoms with E-state index in [1.807, 2.05) is 60.7 Å². The van der Waals surface area contributed by atoms with Gasteiger partial charge < -0.3 is 5.21 Å². The molecular weight excluding hydrogens is 262 g/mol. The third-order valence-electron chi connectivity index (χ3n) is 3.21. The molecule has 0 N–H and O–H groups in total. The first-order chi connectivity index (χ1) is 10.3. The van der Waals surface area contributed by atoms with Crippen LogP contribution in [0.15, 0.2) is 65.2 Å². The van der Waals surface area contributed by atoms with Gasteiger partial charge in [-0.3, -0.25) is 0 Å². The van der Waals surface area contributed by atoms with Crippen LogP contribution in [-0.2, 0) is 0 Å². The summed E-state index contributed by atoms with van der Waals surface area (Å²) in [4.78, 5) is 4.58. The fourth-order valence-corrected chi connectivity index (χ4v) is 2.33. The van der Waals surface area contributed by atoms with Crippen LogP contribution in [0.25, 0.3) is 10.6 Å². The maximum atomic E-state index is 10.5. The third-order valence-corrected chi connectivity index (χ3v) is 3.21. The highest BCUT2D eigenvalue weighted by Crippen LogP contribution is 2.38. The van der Waals surface area contributed by atoms with Crippen LogP contribution in [0, 0.1) is 22.6 Å². The lowest BCUT2D eigenvalue weighted by atomic mass is 9.94. The molecule has 1 heterocycles. The molecule has 0 aliphatic carbocycles. The van der Waals surface area contributed by atoms with E-state index in [1.54, 1.807) is 0 Å². The Balaban J connectivity index is 2.30. The van der Waals surface area contributed by atoms with Crippen LogP contribution < -0.4 is 0 Å². The van der Waals surface area contributed by atoms with E-state index >= 15 is 0 Å². The van der Waals surface area contributed by atoms with Crippen molar-refractivity contribution in [1.82, 2.24) is 0 Å². The Hall–Kier alpha value is -3.37. The average molecular weight is 271 g/mol. The summed E-state index contributed by atoms with van der Waals surface area (Å²) in [6.45, 7) is 0. The van der Waals surface area contributed by atoms with Crippen LogP contribution in [0.2, 0.25) is 0 Å². The quantitative estimate of drug-likeness (QED) is 0.582. The van der Waals surface area contributed by atoms with Crippen LogP contribution in [0.5, 0.6) is 0 Å². The Morgan fingerprint density at radius 1 is 1.05 bits per heavy atom. The molecule has 1 aliphatic heterocycles. The summed E-state index contributed by atoms with van der Waals surface area (Å²) in [6.07, 6.45) is 0. The van der Waals surface area contributed by atoms with Crippen molar-refractivity contribution in [3.8, 4) is 12.1 Å². The Morgan fingerprint density at radius 3 is 2.48 bits per heavy atom. The Labute approximate surface area is 121 Å². The maximum Gasteiger partial charge on any atom is 0.348 e. The van der Waals surface area contributed by atoms with E-state index in [1.165, 1.54) is 0 Å². The first-order valence-electron chi connectivity index (χ1n) is 6.32. The molecule has 1 aliphatic rings. The molecule has 0 saturated carbocycles. The lowest BCUT2D eigenvalue weighted by Gasteiger charge is -2.04. The van der Waals surface area contributed by atoms with Gasteiger partial charge in [-0.25, -0.2) is 4.99 Å². The van der Waals surface area contributed by atoms with Crippen molar-refractivity contribution in [3.05, 3.63) is 81.5 Å². The molecule has 2 aromatic rings. The predicted octanol–water partition coefficient (Wildman–Crippen LogP) is 3.93. The number of allylic oxidation sites excluding steroid dienone is 2. The number of aliphatic imine (C=N–C) groups is 1. The van der Waals surface area contributed by atoms with Gasteiger partial charge in [-0.2, -0.15) is 5.26 Å². The number of rotatable bonds is 1. The smallest absolute Gasteiger partial charge is 0.348 e. The maximum absolute atomic E-state index is 10.5. The first kappa shape index (κ1) is 12.7. The fraction of sp³-hybridized carbons (Fsp3) is 0. The number of nitriles is 1. The molecule has 0 atom stereocenters. The summed E-state index contributed by atoms with van der Waals surface area (Å²) >= 11 is 0. The van der Waals surface area contributed by atoms with Crippen LogP contribution in [-0.4, -0.2) is 5.71 Å². The van der Waals surface area contributed by atoms with Crippen molar-refractivity contribution in [2.45, 2.75) is 0 Å². The summed E-state index contributed by atoms with van der Waals surface area (Å²) in [7, 11) is 0. The van der Waals surface area contributed by atoms with Crippen LogP contribution in [0.1, 0.15) is 11.1 Å². The molecule has 0 spiro atoms. The predicted molar refractivity (Wildman–Crippen MR) is 82.2 cm³/mol. The van der Waals surface area contributed by atoms with E-state index < -0.39 is 0 Å². The van der Waals surface area contributed by atoms with E-state index in [4.69, 9.17) is 0 Å². The first-order valence-corrected chi connectivity index (χ1v) is 6.32. The molecule has 0 aromatic heterocycles. The minimum Gasteiger partial charge on any atom is -0.498 e. The molecule has 2 aromatic carbocycles. The minimum atomic E-state index is 0.0950. The van der Waals surface area contributed by atoms with Gasteiger partial charge in [-0.15, -0.1) is 0 Å². The van der Waals surface area contributed by atoms with Crippen molar-refractivity contribution < 1.29 is 0 Å². The summed E-state index contributed by atoms with van der Waals surface area (Å²) in [5.74, 6) is 0. The second-order valence-corrected chi connectivity index (χ2v) is 4.41. The van der Waals surface area contributed by atoms with E-state index in [0.717, 1.165) is 16.8 Å². The normalized spacial score (nSPS) is 14.3. The molecule has 0 fully saturated rings. The Morgan fingerprint density at radius 2 is 1.76 bits per heavy atom. The van der Waals surface area contributed by atoms with Gasteiger partial charge in [-0.05, 0) is 6.07 Å². The molecule has 0 unspecified atom stereocenters. The Kier molecular flexibility index (Phi) is 3.21. The number of fused-ring (bicyclic) bond motifs is 1. The molecule has 3 rings (SSSR count). The number of benzene rings is 2. The third kappa shape index (κ3) is 2.16. The van der Waals surface area contributed by atoms with Gasteiger partial charge in [0, 0.05) is 21.7 Å². The van der Waals surface area contributed by atoms with E-state index in [9.17, 15) is 10.5 Å². The van der Waals surface area contributed by atoms with Crippen LogP contribution in [0.4, 0.5) is 5.69 Å². The molecule has 0 saturated heterocycles. The zero-order valence-electron chi connectivity index (χ0n) is 10.9. The summed E-state index contributed by atoms with van der Waals surface area (Å²) < 4.78 is 0. The van der Waals surface area contributed by atoms with Gasteiger partial charge in [0.2, 0.25) is 0 Å².